The van der Waals surface area contributed by atoms with E-state index in [1.807, 2.05) is 18.2 Å². The molecule has 0 spiro atoms. The highest BCUT2D eigenvalue weighted by Gasteiger charge is 2.20. The molecule has 0 unspecified atom stereocenters. The molecule has 0 aliphatic rings. The van der Waals surface area contributed by atoms with E-state index < -0.39 is 0 Å². The van der Waals surface area contributed by atoms with Gasteiger partial charge < -0.3 is 15.2 Å². The van der Waals surface area contributed by atoms with Gasteiger partial charge in [0.2, 0.25) is 0 Å². The number of nitrogens with two attached hydrogens (primary N) is 1. The lowest BCUT2D eigenvalue weighted by molar-refractivity contribution is -0.695. The number of methoxy groups -OCH3 is 1. The zero-order valence-electron chi connectivity index (χ0n) is 9.39. The van der Waals surface area contributed by atoms with Crippen LogP contribution in [0.2, 0.25) is 0 Å². The van der Waals surface area contributed by atoms with Crippen molar-refractivity contribution in [3.63, 3.8) is 0 Å². The molecule has 1 aromatic carbocycles. The van der Waals surface area contributed by atoms with Gasteiger partial charge in [0.25, 0.3) is 0 Å². The minimum atomic E-state index is 0.0812. The fourth-order valence-electron chi connectivity index (χ4n) is 1.76. The summed E-state index contributed by atoms with van der Waals surface area (Å²) < 4.78 is 5.48. The Morgan fingerprint density at radius 1 is 1.33 bits per heavy atom. The second kappa shape index (κ2) is 6.56. The first kappa shape index (κ1) is 12.2. The third kappa shape index (κ3) is 3.63. The van der Waals surface area contributed by atoms with Crippen molar-refractivity contribution in [2.45, 2.75) is 19.1 Å². The van der Waals surface area contributed by atoms with Gasteiger partial charge in [0.05, 0.1) is 13.2 Å². The summed E-state index contributed by atoms with van der Waals surface area (Å²) >= 11 is 0. The van der Waals surface area contributed by atoms with Crippen molar-refractivity contribution in [2.24, 2.45) is 0 Å². The predicted octanol–water partition coefficient (Wildman–Crippen LogP) is 0.318. The Morgan fingerprint density at radius 2 is 2.00 bits per heavy atom. The topological polar surface area (TPSA) is 46.1 Å². The van der Waals surface area contributed by atoms with Crippen molar-refractivity contribution in [1.82, 2.24) is 0 Å². The zero-order valence-corrected chi connectivity index (χ0v) is 9.39. The van der Waals surface area contributed by atoms with Gasteiger partial charge >= 0.3 is 0 Å². The van der Waals surface area contributed by atoms with E-state index in [0.29, 0.717) is 12.6 Å². The number of hydrogen-bond acceptors (Lipinski definition) is 2. The molecule has 0 heterocycles. The number of quaternary nitrogens is 1. The van der Waals surface area contributed by atoms with Crippen LogP contribution in [0.1, 0.15) is 18.6 Å². The molecule has 0 saturated carbocycles. The van der Waals surface area contributed by atoms with Crippen molar-refractivity contribution in [3.05, 3.63) is 35.9 Å². The molecule has 0 aliphatic carbocycles. The van der Waals surface area contributed by atoms with Gasteiger partial charge in [-0.25, -0.2) is 0 Å². The first-order valence-corrected chi connectivity index (χ1v) is 5.31. The predicted molar refractivity (Wildman–Crippen MR) is 59.5 cm³/mol. The molecule has 0 saturated heterocycles. The average Bonchev–Trinajstić information content (AvgIpc) is 2.29. The summed E-state index contributed by atoms with van der Waals surface area (Å²) in [5, 5.41) is 10.9. The molecule has 0 amide bonds. The van der Waals surface area contributed by atoms with Gasteiger partial charge in [0.15, 0.2) is 0 Å². The molecule has 1 aromatic rings. The molecule has 0 radical (unpaired) electrons. The minimum absolute atomic E-state index is 0.0812. The van der Waals surface area contributed by atoms with Crippen molar-refractivity contribution < 1.29 is 15.2 Å². The van der Waals surface area contributed by atoms with Crippen LogP contribution in [0.4, 0.5) is 0 Å². The van der Waals surface area contributed by atoms with Crippen LogP contribution in [-0.2, 0) is 4.74 Å². The van der Waals surface area contributed by atoms with Crippen molar-refractivity contribution in [1.29, 1.82) is 0 Å². The average molecular weight is 210 g/mol. The Kier molecular flexibility index (Phi) is 5.32. The van der Waals surface area contributed by atoms with Crippen LogP contribution in [0.15, 0.2) is 30.3 Å². The Morgan fingerprint density at radius 3 is 2.53 bits per heavy atom. The highest BCUT2D eigenvalue weighted by molar-refractivity contribution is 5.18. The molecule has 3 heteroatoms. The van der Waals surface area contributed by atoms with E-state index in [4.69, 9.17) is 9.84 Å². The van der Waals surface area contributed by atoms with Crippen LogP contribution in [0, 0.1) is 0 Å². The molecular weight excluding hydrogens is 190 g/mol. The summed E-state index contributed by atoms with van der Waals surface area (Å²) in [5.41, 5.74) is 1.18. The van der Waals surface area contributed by atoms with Gasteiger partial charge in [-0.05, 0) is 12.5 Å². The van der Waals surface area contributed by atoms with E-state index in [-0.39, 0.29) is 12.7 Å². The molecule has 0 fully saturated rings. The Bertz CT molecular complexity index is 264. The molecule has 84 valence electrons. The van der Waals surface area contributed by atoms with E-state index in [1.165, 1.54) is 5.56 Å². The molecule has 0 aliphatic heterocycles. The SMILES string of the molecule is CO[C@@H](c1ccccc1)[C@@H](C)[NH2+]CCO. The van der Waals surface area contributed by atoms with Gasteiger partial charge in [0, 0.05) is 7.11 Å². The lowest BCUT2D eigenvalue weighted by Gasteiger charge is -2.21. The number of aliphatic hydroxyl groups excluding tert-OH is 1. The van der Waals surface area contributed by atoms with Crippen LogP contribution in [0.5, 0.6) is 0 Å². The maximum atomic E-state index is 8.77. The molecule has 1 rings (SSSR count). The Labute approximate surface area is 91.1 Å². The van der Waals surface area contributed by atoms with E-state index in [1.54, 1.807) is 7.11 Å². The third-order valence-corrected chi connectivity index (χ3v) is 2.53. The highest BCUT2D eigenvalue weighted by atomic mass is 16.5. The number of ether oxygens (including phenoxy) is 1. The largest absolute Gasteiger partial charge is 0.391 e. The standard InChI is InChI=1S/C12H19NO2/c1-10(13-8-9-14)12(15-2)11-6-4-3-5-7-11/h3-7,10,12-14H,8-9H2,1-2H3/p+1/t10-,12-/m1/s1. The summed E-state index contributed by atoms with van der Waals surface area (Å²) in [5.74, 6) is 0. The van der Waals surface area contributed by atoms with Crippen molar-refractivity contribution in [3.8, 4) is 0 Å². The first-order chi connectivity index (χ1) is 7.29. The Hall–Kier alpha value is -0.900. The van der Waals surface area contributed by atoms with Gasteiger partial charge in [-0.2, -0.15) is 0 Å². The second-order valence-corrected chi connectivity index (χ2v) is 3.67. The summed E-state index contributed by atoms with van der Waals surface area (Å²) in [6, 6.07) is 10.5. The molecule has 0 aromatic heterocycles. The summed E-state index contributed by atoms with van der Waals surface area (Å²) in [6.07, 6.45) is 0.0812. The normalized spacial score (nSPS) is 14.9. The number of rotatable bonds is 6. The van der Waals surface area contributed by atoms with Crippen molar-refractivity contribution >= 4 is 0 Å². The Balaban J connectivity index is 2.63. The zero-order chi connectivity index (χ0) is 11.1. The minimum Gasteiger partial charge on any atom is -0.391 e. The van der Waals surface area contributed by atoms with E-state index in [2.05, 4.69) is 24.4 Å². The fourth-order valence-corrected chi connectivity index (χ4v) is 1.76. The first-order valence-electron chi connectivity index (χ1n) is 5.31. The number of hydrogen-bond donors (Lipinski definition) is 2. The van der Waals surface area contributed by atoms with Gasteiger partial charge in [0.1, 0.15) is 12.1 Å². The van der Waals surface area contributed by atoms with Gasteiger partial charge in [-0.3, -0.25) is 0 Å². The molecular formula is C12H20NO2+. The highest BCUT2D eigenvalue weighted by Crippen LogP contribution is 2.17. The summed E-state index contributed by atoms with van der Waals surface area (Å²) in [7, 11) is 1.72. The second-order valence-electron chi connectivity index (χ2n) is 3.67. The summed E-state index contributed by atoms with van der Waals surface area (Å²) in [6.45, 7) is 3.03. The maximum absolute atomic E-state index is 8.77. The van der Waals surface area contributed by atoms with E-state index in [0.717, 1.165) is 0 Å². The van der Waals surface area contributed by atoms with Crippen LogP contribution < -0.4 is 5.32 Å². The molecule has 15 heavy (non-hydrogen) atoms. The molecule has 3 nitrogen and oxygen atoms in total. The lowest BCUT2D eigenvalue weighted by Crippen LogP contribution is -2.91. The lowest BCUT2D eigenvalue weighted by atomic mass is 10.0. The number of aliphatic hydroxyl groups is 1. The van der Waals surface area contributed by atoms with E-state index in [9.17, 15) is 0 Å². The van der Waals surface area contributed by atoms with E-state index >= 15 is 0 Å². The maximum Gasteiger partial charge on any atom is 0.133 e. The smallest absolute Gasteiger partial charge is 0.133 e. The summed E-state index contributed by atoms with van der Waals surface area (Å²) in [4.78, 5) is 0. The van der Waals surface area contributed by atoms with Crippen LogP contribution in [0.25, 0.3) is 0 Å². The molecule has 3 N–H and O–H groups in total. The quantitative estimate of drug-likeness (QED) is 0.710. The van der Waals surface area contributed by atoms with Gasteiger partial charge in [-0.15, -0.1) is 0 Å². The fraction of sp³-hybridized carbons (Fsp3) is 0.500. The van der Waals surface area contributed by atoms with Crippen LogP contribution in [-0.4, -0.2) is 31.4 Å². The van der Waals surface area contributed by atoms with Crippen LogP contribution in [0.3, 0.4) is 0 Å². The monoisotopic (exact) mass is 210 g/mol. The third-order valence-electron chi connectivity index (χ3n) is 2.53. The molecule has 0 bridgehead atoms. The van der Waals surface area contributed by atoms with Gasteiger partial charge in [-0.1, -0.05) is 30.3 Å². The number of benzene rings is 1. The van der Waals surface area contributed by atoms with Crippen LogP contribution >= 0.6 is 0 Å². The molecule has 2 atom stereocenters. The van der Waals surface area contributed by atoms with Crippen molar-refractivity contribution in [2.75, 3.05) is 20.3 Å².